The summed E-state index contributed by atoms with van der Waals surface area (Å²) in [7, 11) is 2.95. The Morgan fingerprint density at radius 2 is 1.83 bits per heavy atom. The number of Topliss-reactive ketones (excluding diaryl/α,β-unsaturated/α-hetero) is 2. The minimum atomic E-state index is -2.85. The van der Waals surface area contributed by atoms with E-state index in [9.17, 15) is 44.4 Å². The number of alkyl carbamates (subject to hydrolysis) is 1. The molecule has 5 atom stereocenters. The number of benzene rings is 1. The summed E-state index contributed by atoms with van der Waals surface area (Å²) in [5.74, 6) is -10.2. The van der Waals surface area contributed by atoms with E-state index in [1.165, 1.54) is 19.0 Å². The Bertz CT molecular complexity index is 1640. The third kappa shape index (κ3) is 4.97. The Morgan fingerprint density at radius 3 is 2.41 bits per heavy atom. The van der Waals surface area contributed by atoms with Gasteiger partial charge in [0.2, 0.25) is 11.7 Å². The molecule has 2 fully saturated rings. The summed E-state index contributed by atoms with van der Waals surface area (Å²) in [6, 6.07) is -1.40. The highest BCUT2D eigenvalue weighted by Gasteiger charge is 2.64. The second-order valence-electron chi connectivity index (χ2n) is 13.4. The zero-order valence-electron chi connectivity index (χ0n) is 26.0. The second kappa shape index (κ2) is 11.1. The number of aliphatic hydroxyl groups excluding tert-OH is 2. The molecule has 7 N–H and O–H groups in total. The number of ether oxygens (including phenoxy) is 1. The fourth-order valence-corrected chi connectivity index (χ4v) is 7.16. The first-order valence-electron chi connectivity index (χ1n) is 14.8. The summed E-state index contributed by atoms with van der Waals surface area (Å²) in [6.45, 7) is 4.99. The number of halogens is 1. The molecule has 0 radical (unpaired) electrons. The number of rotatable bonds is 4. The van der Waals surface area contributed by atoms with Gasteiger partial charge in [-0.15, -0.1) is 0 Å². The molecule has 0 unspecified atom stereocenters. The number of phenolic OH excluding ortho intramolecular Hbond substituents is 1. The monoisotopic (exact) mass is 644 g/mol. The summed E-state index contributed by atoms with van der Waals surface area (Å²) in [5, 5.41) is 48.1. The van der Waals surface area contributed by atoms with Gasteiger partial charge in [0.1, 0.15) is 34.6 Å². The Kier molecular flexibility index (Phi) is 7.92. The lowest BCUT2D eigenvalue weighted by atomic mass is 9.57. The number of amides is 3. The smallest absolute Gasteiger partial charge is 0.408 e. The van der Waals surface area contributed by atoms with Gasteiger partial charge in [-0.3, -0.25) is 24.1 Å². The van der Waals surface area contributed by atoms with Crippen LogP contribution in [0.3, 0.4) is 0 Å². The number of nitrogens with one attached hydrogen (secondary N) is 1. The third-order valence-electron chi connectivity index (χ3n) is 9.07. The van der Waals surface area contributed by atoms with Gasteiger partial charge in [0, 0.05) is 29.7 Å². The molecular weight excluding hydrogens is 607 g/mol. The van der Waals surface area contributed by atoms with E-state index in [0.29, 0.717) is 6.42 Å². The molecule has 15 heteroatoms. The van der Waals surface area contributed by atoms with Gasteiger partial charge in [-0.1, -0.05) is 0 Å². The molecule has 14 nitrogen and oxygen atoms in total. The van der Waals surface area contributed by atoms with Gasteiger partial charge in [-0.25, -0.2) is 9.18 Å². The quantitative estimate of drug-likeness (QED) is 0.255. The maximum Gasteiger partial charge on any atom is 0.408 e. The number of piperidine rings is 1. The van der Waals surface area contributed by atoms with Gasteiger partial charge in [0.05, 0.1) is 17.3 Å². The summed E-state index contributed by atoms with van der Waals surface area (Å²) in [5.41, 5.74) is -0.710. The van der Waals surface area contributed by atoms with Crippen LogP contribution in [-0.2, 0) is 30.3 Å². The molecule has 3 amide bonds. The van der Waals surface area contributed by atoms with Gasteiger partial charge in [-0.05, 0) is 66.5 Å². The number of fused-ring (bicyclic) bond motifs is 3. The molecule has 5 rings (SSSR count). The maximum absolute atomic E-state index is 15.8. The minimum Gasteiger partial charge on any atom is -0.508 e. The lowest BCUT2D eigenvalue weighted by Crippen LogP contribution is -2.65. The Hall–Kier alpha value is -4.50. The SMILES string of the molecule is CN(C)[C@@H]1C(=O)C(C(N)=O)=C(O)[C@@]2(O)C(=O)C3=C(O)c4c(O)c(N5CCC[C@H](NC(=O)OC(C)(C)C)C5=O)cc(F)c4C[C@H]3C[C@@H]12. The topological polar surface area (TPSA) is 220 Å². The molecule has 3 aliphatic carbocycles. The number of hydrogen-bond acceptors (Lipinski definition) is 11. The van der Waals surface area contributed by atoms with Crippen LogP contribution in [0.4, 0.5) is 14.9 Å². The van der Waals surface area contributed by atoms with Gasteiger partial charge in [0.25, 0.3) is 5.91 Å². The van der Waals surface area contributed by atoms with Gasteiger partial charge in [0.15, 0.2) is 17.1 Å². The number of hydrogen-bond donors (Lipinski definition) is 6. The van der Waals surface area contributed by atoms with E-state index in [1.807, 2.05) is 0 Å². The van der Waals surface area contributed by atoms with Crippen LogP contribution in [0.25, 0.3) is 5.76 Å². The van der Waals surface area contributed by atoms with E-state index in [1.54, 1.807) is 20.8 Å². The van der Waals surface area contributed by atoms with E-state index in [-0.39, 0.29) is 37.1 Å². The van der Waals surface area contributed by atoms with Crippen molar-refractivity contribution < 1.29 is 53.5 Å². The minimum absolute atomic E-state index is 0.0337. The van der Waals surface area contributed by atoms with Crippen LogP contribution in [0.5, 0.6) is 5.75 Å². The van der Waals surface area contributed by atoms with Crippen molar-refractivity contribution in [1.82, 2.24) is 10.2 Å². The highest BCUT2D eigenvalue weighted by atomic mass is 19.1. The summed E-state index contributed by atoms with van der Waals surface area (Å²) in [4.78, 5) is 67.6. The second-order valence-corrected chi connectivity index (χ2v) is 13.4. The molecule has 1 aliphatic heterocycles. The Labute approximate surface area is 263 Å². The number of phenols is 1. The van der Waals surface area contributed by atoms with Crippen LogP contribution in [-0.4, -0.2) is 98.7 Å². The zero-order chi connectivity index (χ0) is 34.2. The van der Waals surface area contributed by atoms with Crippen LogP contribution >= 0.6 is 0 Å². The van der Waals surface area contributed by atoms with Crippen molar-refractivity contribution in [3.05, 3.63) is 39.9 Å². The number of carbonyl (C=O) groups excluding carboxylic acids is 5. The predicted octanol–water partition coefficient (Wildman–Crippen LogP) is 1.12. The summed E-state index contributed by atoms with van der Waals surface area (Å²) >= 11 is 0. The van der Waals surface area contributed by atoms with E-state index >= 15 is 4.39 Å². The number of anilines is 1. The third-order valence-corrected chi connectivity index (χ3v) is 9.07. The lowest BCUT2D eigenvalue weighted by molar-refractivity contribution is -0.153. The summed E-state index contributed by atoms with van der Waals surface area (Å²) in [6.07, 6.45) is -0.686. The molecule has 4 aliphatic rings. The van der Waals surface area contributed by atoms with Gasteiger partial charge in [-0.2, -0.15) is 0 Å². The molecule has 0 bridgehead atoms. The molecule has 248 valence electrons. The highest BCUT2D eigenvalue weighted by molar-refractivity contribution is 6.24. The lowest BCUT2D eigenvalue weighted by Gasteiger charge is -2.50. The van der Waals surface area contributed by atoms with Crippen molar-refractivity contribution in [1.29, 1.82) is 0 Å². The van der Waals surface area contributed by atoms with Crippen LogP contribution < -0.4 is 16.0 Å². The fourth-order valence-electron chi connectivity index (χ4n) is 7.16. The van der Waals surface area contributed by atoms with E-state index < -0.39 is 104 Å². The molecule has 1 aromatic rings. The molecule has 1 saturated heterocycles. The van der Waals surface area contributed by atoms with E-state index in [0.717, 1.165) is 11.0 Å². The number of ketones is 2. The number of nitrogens with two attached hydrogens (primary N) is 1. The number of primary amides is 1. The molecule has 0 aromatic heterocycles. The van der Waals surface area contributed by atoms with Gasteiger partial charge >= 0.3 is 6.09 Å². The summed E-state index contributed by atoms with van der Waals surface area (Å²) < 4.78 is 21.1. The zero-order valence-corrected chi connectivity index (χ0v) is 26.0. The van der Waals surface area contributed by atoms with Crippen LogP contribution in [0.2, 0.25) is 0 Å². The van der Waals surface area contributed by atoms with Gasteiger partial charge < -0.3 is 41.1 Å². The van der Waals surface area contributed by atoms with Crippen LogP contribution in [0, 0.1) is 17.7 Å². The van der Waals surface area contributed by atoms with E-state index in [2.05, 4.69) is 5.32 Å². The van der Waals surface area contributed by atoms with Crippen molar-refractivity contribution in [2.75, 3.05) is 25.5 Å². The average molecular weight is 645 g/mol. The number of aromatic hydroxyl groups is 1. The largest absolute Gasteiger partial charge is 0.508 e. The number of nitrogens with zero attached hydrogens (tertiary/aromatic N) is 2. The van der Waals surface area contributed by atoms with Crippen molar-refractivity contribution in [3.8, 4) is 5.75 Å². The first kappa shape index (κ1) is 32.9. The predicted molar refractivity (Wildman–Crippen MR) is 159 cm³/mol. The number of carbonyl (C=O) groups is 5. The van der Waals surface area contributed by atoms with Crippen molar-refractivity contribution in [3.63, 3.8) is 0 Å². The molecule has 1 saturated carbocycles. The first-order chi connectivity index (χ1) is 21.3. The molecule has 1 aromatic carbocycles. The normalized spacial score (nSPS) is 28.2. The van der Waals surface area contributed by atoms with Crippen molar-refractivity contribution >= 4 is 40.9 Å². The average Bonchev–Trinajstić information content (AvgIpc) is 2.92. The molecule has 46 heavy (non-hydrogen) atoms. The number of aliphatic hydroxyl groups is 3. The van der Waals surface area contributed by atoms with Crippen LogP contribution in [0.15, 0.2) is 23.0 Å². The van der Waals surface area contributed by atoms with Crippen LogP contribution in [0.1, 0.15) is 51.2 Å². The van der Waals surface area contributed by atoms with Crippen molar-refractivity contribution in [2.45, 2.75) is 69.7 Å². The highest BCUT2D eigenvalue weighted by Crippen LogP contribution is 2.54. The first-order valence-corrected chi connectivity index (χ1v) is 14.8. The molecule has 0 spiro atoms. The van der Waals surface area contributed by atoms with Crippen molar-refractivity contribution in [2.24, 2.45) is 17.6 Å². The molecular formula is C31H37FN4O10. The maximum atomic E-state index is 15.8. The standard InChI is InChI=1S/C31H37FN4O10/c1-30(2,3)46-29(44)34-16-7-6-8-36(28(16)43)17-11-15(32)13-9-12-10-14-21(35(4)5)24(39)20(27(33)42)26(41)31(14,45)25(40)18(12)23(38)19(13)22(17)37/h11-12,14,16,21,37-38,41,45H,6-10H2,1-5H3,(H2,33,42)(H,34,44)/t12-,14-,16-,21-,31-/m0/s1. The van der Waals surface area contributed by atoms with E-state index in [4.69, 9.17) is 10.5 Å². The fraction of sp³-hybridized carbons (Fsp3) is 0.516. The Morgan fingerprint density at radius 1 is 1.17 bits per heavy atom. The molecule has 1 heterocycles. The Balaban J connectivity index is 1.58. The number of likely N-dealkylation sites (N-methyl/N-ethyl adjacent to an activating group) is 1.